The fourth-order valence-electron chi connectivity index (χ4n) is 6.94. The number of esters is 1. The van der Waals surface area contributed by atoms with Gasteiger partial charge >= 0.3 is 5.97 Å². The van der Waals surface area contributed by atoms with Gasteiger partial charge in [-0.05, 0) is 73.5 Å². The number of aliphatic hydroxyl groups excluding tert-OH is 1. The zero-order valence-electron chi connectivity index (χ0n) is 15.4. The van der Waals surface area contributed by atoms with Gasteiger partial charge in [0, 0.05) is 13.3 Å². The summed E-state index contributed by atoms with van der Waals surface area (Å²) < 4.78 is 5.51. The van der Waals surface area contributed by atoms with E-state index in [-0.39, 0.29) is 29.0 Å². The molecule has 0 spiro atoms. The molecule has 4 rings (SSSR count). The first-order chi connectivity index (χ1) is 11.3. The standard InChI is InChI=1S/C21H32O3/c1-13(22)24-15-8-10-20(2)14(12-15)4-5-16-17-6-7-19(23)21(17,3)11-9-18(16)20/h4,15-19,23H,5-12H2,1-3H3/t15-,16+,17+,18+,19-,20-,21-/m0/s1. The van der Waals surface area contributed by atoms with Crippen LogP contribution in [0.5, 0.6) is 0 Å². The molecule has 3 heteroatoms. The number of fused-ring (bicyclic) bond motifs is 5. The maximum Gasteiger partial charge on any atom is 0.302 e. The van der Waals surface area contributed by atoms with E-state index in [1.54, 1.807) is 5.57 Å². The Balaban J connectivity index is 1.59. The van der Waals surface area contributed by atoms with E-state index in [1.807, 2.05) is 0 Å². The summed E-state index contributed by atoms with van der Waals surface area (Å²) in [5.74, 6) is 2.03. The minimum Gasteiger partial charge on any atom is -0.462 e. The lowest BCUT2D eigenvalue weighted by Crippen LogP contribution is -2.51. The fraction of sp³-hybridized carbons (Fsp3) is 0.857. The molecule has 3 saturated carbocycles. The van der Waals surface area contributed by atoms with Crippen LogP contribution in [0.1, 0.15) is 72.1 Å². The molecule has 7 atom stereocenters. The van der Waals surface area contributed by atoms with E-state index >= 15 is 0 Å². The molecule has 0 saturated heterocycles. The Labute approximate surface area is 145 Å². The second-order valence-electron chi connectivity index (χ2n) is 9.37. The molecule has 0 radical (unpaired) electrons. The highest BCUT2D eigenvalue weighted by atomic mass is 16.5. The van der Waals surface area contributed by atoms with Crippen molar-refractivity contribution in [1.29, 1.82) is 0 Å². The Morgan fingerprint density at radius 2 is 1.96 bits per heavy atom. The molecule has 0 unspecified atom stereocenters. The number of ether oxygens (including phenoxy) is 1. The fourth-order valence-corrected chi connectivity index (χ4v) is 6.94. The molecule has 134 valence electrons. The smallest absolute Gasteiger partial charge is 0.302 e. The lowest BCUT2D eigenvalue weighted by molar-refractivity contribution is -0.148. The molecular formula is C21H32O3. The zero-order valence-corrected chi connectivity index (χ0v) is 15.4. The van der Waals surface area contributed by atoms with Crippen molar-refractivity contribution in [2.45, 2.75) is 84.3 Å². The van der Waals surface area contributed by atoms with Crippen LogP contribution >= 0.6 is 0 Å². The molecule has 1 N–H and O–H groups in total. The summed E-state index contributed by atoms with van der Waals surface area (Å²) in [5.41, 5.74) is 1.98. The first-order valence-electron chi connectivity index (χ1n) is 9.89. The van der Waals surface area contributed by atoms with Gasteiger partial charge in [-0.1, -0.05) is 25.5 Å². The third kappa shape index (κ3) is 2.30. The number of hydrogen-bond acceptors (Lipinski definition) is 3. The summed E-state index contributed by atoms with van der Waals surface area (Å²) in [4.78, 5) is 11.3. The van der Waals surface area contributed by atoms with E-state index in [0.717, 1.165) is 43.9 Å². The highest BCUT2D eigenvalue weighted by Crippen LogP contribution is 2.64. The molecule has 3 nitrogen and oxygen atoms in total. The molecule has 0 aliphatic heterocycles. The summed E-state index contributed by atoms with van der Waals surface area (Å²) in [7, 11) is 0. The van der Waals surface area contributed by atoms with Crippen molar-refractivity contribution in [3.8, 4) is 0 Å². The third-order valence-electron chi connectivity index (χ3n) is 8.34. The van der Waals surface area contributed by atoms with Crippen LogP contribution in [0.3, 0.4) is 0 Å². The minimum absolute atomic E-state index is 0.0838. The molecule has 0 bridgehead atoms. The summed E-state index contributed by atoms with van der Waals surface area (Å²) >= 11 is 0. The molecule has 3 fully saturated rings. The Morgan fingerprint density at radius 1 is 1.17 bits per heavy atom. The predicted octanol–water partition coefficient (Wildman–Crippen LogP) is 4.24. The van der Waals surface area contributed by atoms with E-state index in [1.165, 1.54) is 26.2 Å². The van der Waals surface area contributed by atoms with E-state index < -0.39 is 0 Å². The second-order valence-corrected chi connectivity index (χ2v) is 9.37. The van der Waals surface area contributed by atoms with Crippen LogP contribution in [-0.4, -0.2) is 23.3 Å². The number of aliphatic hydroxyl groups is 1. The summed E-state index contributed by atoms with van der Waals surface area (Å²) in [6.45, 7) is 6.32. The van der Waals surface area contributed by atoms with Gasteiger partial charge in [0.2, 0.25) is 0 Å². The molecule has 0 amide bonds. The average Bonchev–Trinajstić information content (AvgIpc) is 2.83. The van der Waals surface area contributed by atoms with Gasteiger partial charge in [-0.3, -0.25) is 4.79 Å². The highest BCUT2D eigenvalue weighted by molar-refractivity contribution is 5.66. The van der Waals surface area contributed by atoms with Crippen LogP contribution in [0.2, 0.25) is 0 Å². The topological polar surface area (TPSA) is 46.5 Å². The average molecular weight is 332 g/mol. The molecule has 24 heavy (non-hydrogen) atoms. The zero-order chi connectivity index (χ0) is 17.1. The van der Waals surface area contributed by atoms with E-state index in [4.69, 9.17) is 4.74 Å². The number of carbonyl (C=O) groups is 1. The number of hydrogen-bond donors (Lipinski definition) is 1. The van der Waals surface area contributed by atoms with Crippen molar-refractivity contribution >= 4 is 5.97 Å². The molecule has 0 heterocycles. The summed E-state index contributed by atoms with van der Waals surface area (Å²) in [5, 5.41) is 10.5. The predicted molar refractivity (Wildman–Crippen MR) is 93.3 cm³/mol. The Bertz CT molecular complexity index is 567. The van der Waals surface area contributed by atoms with Crippen molar-refractivity contribution in [2.24, 2.45) is 28.6 Å². The maximum absolute atomic E-state index is 11.3. The summed E-state index contributed by atoms with van der Waals surface area (Å²) in [6.07, 6.45) is 11.3. The van der Waals surface area contributed by atoms with E-state index in [9.17, 15) is 9.90 Å². The van der Waals surface area contributed by atoms with E-state index in [2.05, 4.69) is 19.9 Å². The van der Waals surface area contributed by atoms with Gasteiger partial charge in [0.15, 0.2) is 0 Å². The van der Waals surface area contributed by atoms with Crippen molar-refractivity contribution in [3.05, 3.63) is 11.6 Å². The van der Waals surface area contributed by atoms with Crippen molar-refractivity contribution in [2.75, 3.05) is 0 Å². The molecular weight excluding hydrogens is 300 g/mol. The van der Waals surface area contributed by atoms with Crippen LogP contribution < -0.4 is 0 Å². The number of allylic oxidation sites excluding steroid dienone is 1. The molecule has 4 aliphatic carbocycles. The minimum atomic E-state index is -0.147. The highest BCUT2D eigenvalue weighted by Gasteiger charge is 2.58. The van der Waals surface area contributed by atoms with Crippen molar-refractivity contribution in [1.82, 2.24) is 0 Å². The van der Waals surface area contributed by atoms with Crippen molar-refractivity contribution in [3.63, 3.8) is 0 Å². The molecule has 0 aromatic heterocycles. The van der Waals surface area contributed by atoms with Gasteiger partial charge in [-0.15, -0.1) is 0 Å². The lowest BCUT2D eigenvalue weighted by atomic mass is 9.48. The molecule has 4 aliphatic rings. The van der Waals surface area contributed by atoms with E-state index in [0.29, 0.717) is 5.92 Å². The monoisotopic (exact) mass is 332 g/mol. The number of rotatable bonds is 1. The number of carbonyl (C=O) groups excluding carboxylic acids is 1. The van der Waals surface area contributed by atoms with Gasteiger partial charge in [-0.2, -0.15) is 0 Å². The van der Waals surface area contributed by atoms with Crippen LogP contribution in [0, 0.1) is 28.6 Å². The van der Waals surface area contributed by atoms with Crippen LogP contribution in [0.25, 0.3) is 0 Å². The maximum atomic E-state index is 11.3. The van der Waals surface area contributed by atoms with Gasteiger partial charge in [0.25, 0.3) is 0 Å². The SMILES string of the molecule is CC(=O)O[C@H]1CC[C@@]2(C)C(=CC[C@@H]3[C@H]4CC[C@H](O)[C@@]4(C)CC[C@H]32)C1. The van der Waals surface area contributed by atoms with Crippen LogP contribution in [0.4, 0.5) is 0 Å². The van der Waals surface area contributed by atoms with Crippen molar-refractivity contribution < 1.29 is 14.6 Å². The van der Waals surface area contributed by atoms with Gasteiger partial charge in [-0.25, -0.2) is 0 Å². The third-order valence-corrected chi connectivity index (χ3v) is 8.34. The lowest BCUT2D eigenvalue weighted by Gasteiger charge is -2.57. The van der Waals surface area contributed by atoms with Crippen LogP contribution in [-0.2, 0) is 9.53 Å². The largest absolute Gasteiger partial charge is 0.462 e. The Morgan fingerprint density at radius 3 is 2.71 bits per heavy atom. The summed E-state index contributed by atoms with van der Waals surface area (Å²) in [6, 6.07) is 0. The van der Waals surface area contributed by atoms with Crippen LogP contribution in [0.15, 0.2) is 11.6 Å². The van der Waals surface area contributed by atoms with Gasteiger partial charge in [0.05, 0.1) is 6.10 Å². The molecule has 0 aromatic rings. The first-order valence-corrected chi connectivity index (χ1v) is 9.89. The Kier molecular flexibility index (Phi) is 3.87. The Hall–Kier alpha value is -0.830. The van der Waals surface area contributed by atoms with Gasteiger partial charge in [0.1, 0.15) is 6.10 Å². The first kappa shape index (κ1) is 16.6. The molecule has 0 aromatic carbocycles. The normalized spacial score (nSPS) is 50.3. The van der Waals surface area contributed by atoms with Gasteiger partial charge < -0.3 is 9.84 Å². The second kappa shape index (κ2) is 5.59. The quantitative estimate of drug-likeness (QED) is 0.577.